The lowest BCUT2D eigenvalue weighted by Gasteiger charge is -2.05. The summed E-state index contributed by atoms with van der Waals surface area (Å²) in [7, 11) is 0. The summed E-state index contributed by atoms with van der Waals surface area (Å²) in [5, 5.41) is 8.98. The van der Waals surface area contributed by atoms with E-state index in [-0.39, 0.29) is 6.01 Å². The van der Waals surface area contributed by atoms with Crippen LogP contribution in [0.3, 0.4) is 0 Å². The van der Waals surface area contributed by atoms with E-state index in [1.54, 1.807) is 30.5 Å². The maximum atomic E-state index is 8.98. The summed E-state index contributed by atoms with van der Waals surface area (Å²) in [5.41, 5.74) is 1.25. The topological polar surface area (TPSA) is 58.8 Å². The van der Waals surface area contributed by atoms with Crippen molar-refractivity contribution >= 4 is 15.9 Å². The van der Waals surface area contributed by atoms with Crippen LogP contribution >= 0.6 is 15.9 Å². The standard InChI is InChI=1S/C12H8BrN3O/c1-8-4-5-15-12(16-8)17-11-3-2-10(13)6-9(11)7-14/h2-6H,1H3. The minimum absolute atomic E-state index is 0.240. The Kier molecular flexibility index (Phi) is 3.35. The molecule has 1 aromatic carbocycles. The van der Waals surface area contributed by atoms with Gasteiger partial charge in [-0.25, -0.2) is 9.97 Å². The van der Waals surface area contributed by atoms with Crippen LogP contribution in [-0.4, -0.2) is 9.97 Å². The van der Waals surface area contributed by atoms with Gasteiger partial charge in [-0.15, -0.1) is 0 Å². The molecule has 0 amide bonds. The second-order valence-electron chi connectivity index (χ2n) is 3.33. The third-order valence-electron chi connectivity index (χ3n) is 2.04. The molecule has 0 radical (unpaired) electrons. The third-order valence-corrected chi connectivity index (χ3v) is 2.53. The summed E-state index contributed by atoms with van der Waals surface area (Å²) in [4.78, 5) is 8.09. The molecule has 0 fully saturated rings. The molecular formula is C12H8BrN3O. The van der Waals surface area contributed by atoms with Crippen LogP contribution in [0.15, 0.2) is 34.9 Å². The van der Waals surface area contributed by atoms with Gasteiger partial charge in [-0.3, -0.25) is 0 Å². The number of ether oxygens (including phenoxy) is 1. The molecule has 17 heavy (non-hydrogen) atoms. The van der Waals surface area contributed by atoms with E-state index in [4.69, 9.17) is 10.00 Å². The number of halogens is 1. The van der Waals surface area contributed by atoms with Gasteiger partial charge in [0.1, 0.15) is 11.8 Å². The van der Waals surface area contributed by atoms with Crippen molar-refractivity contribution in [1.82, 2.24) is 9.97 Å². The second-order valence-corrected chi connectivity index (χ2v) is 4.25. The average Bonchev–Trinajstić information content (AvgIpc) is 2.31. The fourth-order valence-corrected chi connectivity index (χ4v) is 1.61. The molecule has 5 heteroatoms. The Balaban J connectivity index is 2.34. The predicted molar refractivity (Wildman–Crippen MR) is 65.7 cm³/mol. The Morgan fingerprint density at radius 3 is 2.88 bits per heavy atom. The molecule has 0 saturated heterocycles. The van der Waals surface area contributed by atoms with Crippen LogP contribution < -0.4 is 4.74 Å². The van der Waals surface area contributed by atoms with E-state index in [1.807, 2.05) is 6.92 Å². The summed E-state index contributed by atoms with van der Waals surface area (Å²) in [6, 6.07) is 9.26. The maximum absolute atomic E-state index is 8.98. The molecule has 0 unspecified atom stereocenters. The molecule has 1 aromatic heterocycles. The highest BCUT2D eigenvalue weighted by molar-refractivity contribution is 9.10. The van der Waals surface area contributed by atoms with Gasteiger partial charge in [-0.2, -0.15) is 5.26 Å². The lowest BCUT2D eigenvalue weighted by molar-refractivity contribution is 0.439. The summed E-state index contributed by atoms with van der Waals surface area (Å²) in [5.74, 6) is 0.446. The number of benzene rings is 1. The third kappa shape index (κ3) is 2.80. The summed E-state index contributed by atoms with van der Waals surface area (Å²) in [6.45, 7) is 1.85. The molecule has 0 N–H and O–H groups in total. The molecule has 0 atom stereocenters. The van der Waals surface area contributed by atoms with Crippen molar-refractivity contribution < 1.29 is 4.74 Å². The van der Waals surface area contributed by atoms with Crippen molar-refractivity contribution in [2.45, 2.75) is 6.92 Å². The van der Waals surface area contributed by atoms with Gasteiger partial charge in [0, 0.05) is 16.4 Å². The largest absolute Gasteiger partial charge is 0.423 e. The van der Waals surface area contributed by atoms with E-state index in [9.17, 15) is 0 Å². The second kappa shape index (κ2) is 4.93. The number of rotatable bonds is 2. The normalized spacial score (nSPS) is 9.71. The van der Waals surface area contributed by atoms with Crippen molar-refractivity contribution in [3.05, 3.63) is 46.2 Å². The summed E-state index contributed by atoms with van der Waals surface area (Å²) >= 11 is 3.30. The molecule has 0 aliphatic rings. The van der Waals surface area contributed by atoms with Gasteiger partial charge in [0.25, 0.3) is 0 Å². The van der Waals surface area contributed by atoms with Crippen LogP contribution in [0.25, 0.3) is 0 Å². The lowest BCUT2D eigenvalue weighted by Crippen LogP contribution is -1.94. The van der Waals surface area contributed by atoms with Crippen LogP contribution in [0.4, 0.5) is 0 Å². The van der Waals surface area contributed by atoms with Crippen molar-refractivity contribution in [3.63, 3.8) is 0 Å². The van der Waals surface area contributed by atoms with Crippen molar-refractivity contribution in [2.24, 2.45) is 0 Å². The average molecular weight is 290 g/mol. The fourth-order valence-electron chi connectivity index (χ4n) is 1.25. The van der Waals surface area contributed by atoms with Crippen molar-refractivity contribution in [3.8, 4) is 17.8 Å². The van der Waals surface area contributed by atoms with Gasteiger partial charge in [-0.05, 0) is 31.2 Å². The molecule has 0 saturated carbocycles. The van der Waals surface area contributed by atoms with Gasteiger partial charge >= 0.3 is 6.01 Å². The van der Waals surface area contributed by atoms with Crippen LogP contribution in [0, 0.1) is 18.3 Å². The first-order valence-corrected chi connectivity index (χ1v) is 5.65. The van der Waals surface area contributed by atoms with E-state index in [2.05, 4.69) is 32.0 Å². The Morgan fingerprint density at radius 2 is 2.18 bits per heavy atom. The van der Waals surface area contributed by atoms with Gasteiger partial charge in [0.2, 0.25) is 0 Å². The summed E-state index contributed by atoms with van der Waals surface area (Å²) < 4.78 is 6.30. The molecule has 0 spiro atoms. The number of hydrogen-bond donors (Lipinski definition) is 0. The fraction of sp³-hybridized carbons (Fsp3) is 0.0833. The van der Waals surface area contributed by atoms with Gasteiger partial charge in [0.15, 0.2) is 0 Å². The number of hydrogen-bond acceptors (Lipinski definition) is 4. The Labute approximate surface area is 107 Å². The van der Waals surface area contributed by atoms with Gasteiger partial charge in [-0.1, -0.05) is 15.9 Å². The van der Waals surface area contributed by atoms with Crippen LogP contribution in [0.1, 0.15) is 11.3 Å². The van der Waals surface area contributed by atoms with E-state index in [0.29, 0.717) is 11.3 Å². The van der Waals surface area contributed by atoms with E-state index in [0.717, 1.165) is 10.2 Å². The number of nitrogens with zero attached hydrogens (tertiary/aromatic N) is 3. The first kappa shape index (κ1) is 11.6. The van der Waals surface area contributed by atoms with Crippen LogP contribution in [0.2, 0.25) is 0 Å². The minimum atomic E-state index is 0.240. The molecule has 0 aliphatic carbocycles. The van der Waals surface area contributed by atoms with E-state index in [1.165, 1.54) is 0 Å². The SMILES string of the molecule is Cc1ccnc(Oc2ccc(Br)cc2C#N)n1. The van der Waals surface area contributed by atoms with Crippen molar-refractivity contribution in [2.75, 3.05) is 0 Å². The minimum Gasteiger partial charge on any atom is -0.423 e. The molecule has 0 bridgehead atoms. The molecule has 2 rings (SSSR count). The number of aromatic nitrogens is 2. The first-order valence-electron chi connectivity index (χ1n) is 4.86. The highest BCUT2D eigenvalue weighted by Crippen LogP contribution is 2.25. The maximum Gasteiger partial charge on any atom is 0.322 e. The predicted octanol–water partition coefficient (Wildman–Crippen LogP) is 3.21. The molecular weight excluding hydrogens is 282 g/mol. The Morgan fingerprint density at radius 1 is 1.35 bits per heavy atom. The zero-order valence-corrected chi connectivity index (χ0v) is 10.6. The molecule has 84 valence electrons. The number of nitriles is 1. The lowest BCUT2D eigenvalue weighted by atomic mass is 10.2. The van der Waals surface area contributed by atoms with Gasteiger partial charge in [0.05, 0.1) is 5.56 Å². The monoisotopic (exact) mass is 289 g/mol. The molecule has 4 nitrogen and oxygen atoms in total. The first-order chi connectivity index (χ1) is 8.19. The van der Waals surface area contributed by atoms with Crippen molar-refractivity contribution in [1.29, 1.82) is 5.26 Å². The zero-order valence-electron chi connectivity index (χ0n) is 9.01. The quantitative estimate of drug-likeness (QED) is 0.852. The van der Waals surface area contributed by atoms with Gasteiger partial charge < -0.3 is 4.74 Å². The molecule has 1 heterocycles. The van der Waals surface area contributed by atoms with Crippen LogP contribution in [0.5, 0.6) is 11.8 Å². The highest BCUT2D eigenvalue weighted by atomic mass is 79.9. The van der Waals surface area contributed by atoms with E-state index < -0.39 is 0 Å². The molecule has 2 aromatic rings. The zero-order chi connectivity index (χ0) is 12.3. The number of aryl methyl sites for hydroxylation is 1. The van der Waals surface area contributed by atoms with Crippen LogP contribution in [-0.2, 0) is 0 Å². The summed E-state index contributed by atoms with van der Waals surface area (Å²) in [6.07, 6.45) is 1.61. The van der Waals surface area contributed by atoms with E-state index >= 15 is 0 Å². The Bertz CT molecular complexity index is 593. The molecule has 0 aliphatic heterocycles. The smallest absolute Gasteiger partial charge is 0.322 e. The Hall–Kier alpha value is -1.93. The highest BCUT2D eigenvalue weighted by Gasteiger charge is 2.07.